The van der Waals surface area contributed by atoms with E-state index in [0.717, 1.165) is 38.0 Å². The zero-order valence-electron chi connectivity index (χ0n) is 11.2. The molecule has 104 valence electrons. The highest BCUT2D eigenvalue weighted by Gasteiger charge is 2.25. The van der Waals surface area contributed by atoms with Crippen molar-refractivity contribution in [2.45, 2.75) is 30.1 Å². The monoisotopic (exact) mass is 280 g/mol. The average molecular weight is 280 g/mol. The largest absolute Gasteiger partial charge is 0.481 e. The number of rotatable bonds is 5. The Labute approximate surface area is 118 Å². The Bertz CT molecular complexity index is 410. The molecule has 0 aliphatic carbocycles. The van der Waals surface area contributed by atoms with E-state index in [-0.39, 0.29) is 5.92 Å². The highest BCUT2D eigenvalue weighted by atomic mass is 32.2. The molecule has 1 saturated heterocycles. The summed E-state index contributed by atoms with van der Waals surface area (Å²) in [5.74, 6) is -0.641. The molecule has 2 rings (SSSR count). The fourth-order valence-corrected chi connectivity index (χ4v) is 2.94. The van der Waals surface area contributed by atoms with Crippen LogP contribution in [-0.4, -0.2) is 30.5 Å². The van der Waals surface area contributed by atoms with Crippen LogP contribution in [0.1, 0.15) is 30.7 Å². The Hall–Kier alpha value is -1.00. The summed E-state index contributed by atoms with van der Waals surface area (Å²) >= 11 is 1.67. The fourth-order valence-electron chi connectivity index (χ4n) is 2.53. The van der Waals surface area contributed by atoms with E-state index in [9.17, 15) is 9.90 Å². The number of carbonyl (C=O) groups is 1. The van der Waals surface area contributed by atoms with Gasteiger partial charge in [0.05, 0.1) is 5.92 Å². The van der Waals surface area contributed by atoms with Gasteiger partial charge in [0, 0.05) is 18.1 Å². The van der Waals surface area contributed by atoms with Gasteiger partial charge in [0.2, 0.25) is 0 Å². The van der Waals surface area contributed by atoms with Crippen molar-refractivity contribution in [2.24, 2.45) is 5.92 Å². The van der Waals surface area contributed by atoms with Crippen molar-refractivity contribution in [3.05, 3.63) is 29.8 Å². The van der Waals surface area contributed by atoms with E-state index >= 15 is 0 Å². The Morgan fingerprint density at radius 1 is 1.37 bits per heavy atom. The van der Waals surface area contributed by atoms with Gasteiger partial charge in [-0.25, -0.2) is 0 Å². The standard InChI is InChI=1S/C15H20O3S/c1-19-13-4-2-12(3-5-13)14(15(16)17)10-11-6-8-18-9-7-11/h2-5,11,14H,6-10H2,1H3,(H,16,17)/t14-/m1/s1. The molecular formula is C15H20O3S. The van der Waals surface area contributed by atoms with Crippen LogP contribution in [0.3, 0.4) is 0 Å². The Morgan fingerprint density at radius 3 is 2.53 bits per heavy atom. The minimum atomic E-state index is -0.719. The molecule has 1 atom stereocenters. The van der Waals surface area contributed by atoms with Gasteiger partial charge < -0.3 is 9.84 Å². The SMILES string of the molecule is CSc1ccc([C@@H](CC2CCOCC2)C(=O)O)cc1. The maximum Gasteiger partial charge on any atom is 0.310 e. The molecule has 0 saturated carbocycles. The fraction of sp³-hybridized carbons (Fsp3) is 0.533. The first-order chi connectivity index (χ1) is 9.20. The van der Waals surface area contributed by atoms with Crippen LogP contribution in [0.2, 0.25) is 0 Å². The summed E-state index contributed by atoms with van der Waals surface area (Å²) in [6.45, 7) is 1.53. The molecule has 0 spiro atoms. The van der Waals surface area contributed by atoms with Crippen molar-refractivity contribution in [2.75, 3.05) is 19.5 Å². The number of carboxylic acids is 1. The van der Waals surface area contributed by atoms with E-state index in [2.05, 4.69) is 0 Å². The van der Waals surface area contributed by atoms with Crippen LogP contribution in [-0.2, 0) is 9.53 Å². The number of aliphatic carboxylic acids is 1. The van der Waals surface area contributed by atoms with Gasteiger partial charge >= 0.3 is 5.97 Å². The van der Waals surface area contributed by atoms with Gasteiger partial charge in [-0.3, -0.25) is 4.79 Å². The second-order valence-corrected chi connectivity index (χ2v) is 5.84. The van der Waals surface area contributed by atoms with Crippen molar-refractivity contribution in [1.29, 1.82) is 0 Å². The molecule has 1 aliphatic heterocycles. The quantitative estimate of drug-likeness (QED) is 0.840. The van der Waals surface area contributed by atoms with E-state index in [1.54, 1.807) is 11.8 Å². The topological polar surface area (TPSA) is 46.5 Å². The first-order valence-corrected chi connectivity index (χ1v) is 7.87. The highest BCUT2D eigenvalue weighted by Crippen LogP contribution is 2.30. The summed E-state index contributed by atoms with van der Waals surface area (Å²) in [6.07, 6.45) is 4.70. The zero-order chi connectivity index (χ0) is 13.7. The van der Waals surface area contributed by atoms with Gasteiger partial charge in [-0.2, -0.15) is 0 Å². The lowest BCUT2D eigenvalue weighted by Gasteiger charge is -2.25. The van der Waals surface area contributed by atoms with Crippen LogP contribution in [0.5, 0.6) is 0 Å². The second-order valence-electron chi connectivity index (χ2n) is 4.96. The molecule has 4 heteroatoms. The molecule has 1 N–H and O–H groups in total. The van der Waals surface area contributed by atoms with Crippen molar-refractivity contribution in [1.82, 2.24) is 0 Å². The van der Waals surface area contributed by atoms with Gasteiger partial charge in [0.15, 0.2) is 0 Å². The molecule has 3 nitrogen and oxygen atoms in total. The molecule has 1 aliphatic rings. The van der Waals surface area contributed by atoms with E-state index in [1.807, 2.05) is 30.5 Å². The predicted octanol–water partition coefficient (Wildman–Crippen LogP) is 3.39. The Balaban J connectivity index is 2.07. The summed E-state index contributed by atoms with van der Waals surface area (Å²) in [4.78, 5) is 12.7. The number of benzene rings is 1. The molecule has 1 aromatic rings. The summed E-state index contributed by atoms with van der Waals surface area (Å²) in [5.41, 5.74) is 0.914. The molecule has 19 heavy (non-hydrogen) atoms. The molecule has 0 unspecified atom stereocenters. The summed E-state index contributed by atoms with van der Waals surface area (Å²) < 4.78 is 5.33. The smallest absolute Gasteiger partial charge is 0.310 e. The van der Waals surface area contributed by atoms with Crippen LogP contribution in [0.15, 0.2) is 29.2 Å². The number of carboxylic acid groups (broad SMARTS) is 1. The Kier molecular flexibility index (Phi) is 5.28. The third-order valence-corrected chi connectivity index (χ3v) is 4.47. The van der Waals surface area contributed by atoms with E-state index < -0.39 is 5.97 Å². The minimum absolute atomic E-state index is 0.390. The van der Waals surface area contributed by atoms with Crippen LogP contribution in [0.4, 0.5) is 0 Å². The minimum Gasteiger partial charge on any atom is -0.481 e. The van der Waals surface area contributed by atoms with E-state index in [1.165, 1.54) is 4.90 Å². The predicted molar refractivity (Wildman–Crippen MR) is 76.8 cm³/mol. The van der Waals surface area contributed by atoms with Gasteiger partial charge in [0.25, 0.3) is 0 Å². The van der Waals surface area contributed by atoms with Crippen LogP contribution in [0.25, 0.3) is 0 Å². The number of thioether (sulfide) groups is 1. The van der Waals surface area contributed by atoms with Gasteiger partial charge in [-0.1, -0.05) is 12.1 Å². The van der Waals surface area contributed by atoms with Crippen molar-refractivity contribution < 1.29 is 14.6 Å². The first-order valence-electron chi connectivity index (χ1n) is 6.65. The van der Waals surface area contributed by atoms with Crippen molar-refractivity contribution >= 4 is 17.7 Å². The van der Waals surface area contributed by atoms with Gasteiger partial charge in [-0.05, 0) is 49.1 Å². The third kappa shape index (κ3) is 3.98. The van der Waals surface area contributed by atoms with Crippen LogP contribution < -0.4 is 0 Å². The highest BCUT2D eigenvalue weighted by molar-refractivity contribution is 7.98. The Morgan fingerprint density at radius 2 is 2.00 bits per heavy atom. The van der Waals surface area contributed by atoms with Crippen LogP contribution >= 0.6 is 11.8 Å². The van der Waals surface area contributed by atoms with E-state index in [4.69, 9.17) is 4.74 Å². The molecule has 0 bridgehead atoms. The number of ether oxygens (including phenoxy) is 1. The normalized spacial score (nSPS) is 18.2. The summed E-state index contributed by atoms with van der Waals surface area (Å²) in [7, 11) is 0. The number of hydrogen-bond acceptors (Lipinski definition) is 3. The summed E-state index contributed by atoms with van der Waals surface area (Å²) in [6, 6.07) is 7.90. The maximum absolute atomic E-state index is 11.5. The molecule has 0 aromatic heterocycles. The second kappa shape index (κ2) is 6.96. The third-order valence-electron chi connectivity index (χ3n) is 3.73. The van der Waals surface area contributed by atoms with E-state index in [0.29, 0.717) is 5.92 Å². The number of hydrogen-bond donors (Lipinski definition) is 1. The molecule has 1 fully saturated rings. The average Bonchev–Trinajstić information content (AvgIpc) is 2.46. The molecule has 1 aromatic carbocycles. The van der Waals surface area contributed by atoms with Crippen LogP contribution in [0, 0.1) is 5.92 Å². The molecule has 0 radical (unpaired) electrons. The van der Waals surface area contributed by atoms with Gasteiger partial charge in [0.1, 0.15) is 0 Å². The molecule has 0 amide bonds. The zero-order valence-corrected chi connectivity index (χ0v) is 12.0. The lowest BCUT2D eigenvalue weighted by Crippen LogP contribution is -2.21. The lowest BCUT2D eigenvalue weighted by atomic mass is 9.85. The lowest BCUT2D eigenvalue weighted by molar-refractivity contribution is -0.139. The maximum atomic E-state index is 11.5. The molecule has 1 heterocycles. The van der Waals surface area contributed by atoms with Crippen molar-refractivity contribution in [3.8, 4) is 0 Å². The summed E-state index contributed by atoms with van der Waals surface area (Å²) in [5, 5.41) is 9.45. The van der Waals surface area contributed by atoms with Crippen molar-refractivity contribution in [3.63, 3.8) is 0 Å². The first kappa shape index (κ1) is 14.4. The molecular weight excluding hydrogens is 260 g/mol. The van der Waals surface area contributed by atoms with Gasteiger partial charge in [-0.15, -0.1) is 11.8 Å².